The first-order valence-corrected chi connectivity index (χ1v) is 9.64. The van der Waals surface area contributed by atoms with Crippen molar-refractivity contribution < 1.29 is 4.79 Å². The molecule has 24 heavy (non-hydrogen) atoms. The molecule has 0 spiro atoms. The molecule has 0 heterocycles. The standard InChI is InChI=1S/C21H26BrNO/c1-2-3-4-5-6-7-8-17-9-15-20(16-10-17)23-21(24)18-11-13-19(22)14-12-18/h9-16H,2-8H2,1H3,(H,23,24). The van der Waals surface area contributed by atoms with Gasteiger partial charge in [-0.1, -0.05) is 67.1 Å². The molecular formula is C21H26BrNO. The summed E-state index contributed by atoms with van der Waals surface area (Å²) in [6, 6.07) is 15.6. The molecule has 2 rings (SSSR count). The first kappa shape index (κ1) is 18.7. The van der Waals surface area contributed by atoms with Crippen molar-refractivity contribution in [2.24, 2.45) is 0 Å². The Morgan fingerprint density at radius 2 is 1.50 bits per heavy atom. The summed E-state index contributed by atoms with van der Waals surface area (Å²) in [5, 5.41) is 2.94. The lowest BCUT2D eigenvalue weighted by Crippen LogP contribution is -2.11. The second kappa shape index (κ2) is 10.3. The Hall–Kier alpha value is -1.61. The molecule has 2 aromatic carbocycles. The van der Waals surface area contributed by atoms with Crippen LogP contribution in [0.1, 0.15) is 61.4 Å². The van der Waals surface area contributed by atoms with E-state index in [1.807, 2.05) is 36.4 Å². The SMILES string of the molecule is CCCCCCCCc1ccc(NC(=O)c2ccc(Br)cc2)cc1. The van der Waals surface area contributed by atoms with E-state index < -0.39 is 0 Å². The molecule has 0 fully saturated rings. The third kappa shape index (κ3) is 6.48. The van der Waals surface area contributed by atoms with Crippen molar-refractivity contribution in [3.63, 3.8) is 0 Å². The maximum atomic E-state index is 12.2. The molecule has 0 saturated carbocycles. The van der Waals surface area contributed by atoms with Crippen molar-refractivity contribution in [3.05, 3.63) is 64.1 Å². The molecule has 0 aromatic heterocycles. The first-order valence-electron chi connectivity index (χ1n) is 8.85. The lowest BCUT2D eigenvalue weighted by atomic mass is 10.0. The molecule has 2 aromatic rings. The summed E-state index contributed by atoms with van der Waals surface area (Å²) in [5.41, 5.74) is 2.84. The molecular weight excluding hydrogens is 362 g/mol. The lowest BCUT2D eigenvalue weighted by Gasteiger charge is -2.07. The second-order valence-corrected chi connectivity index (χ2v) is 7.09. The normalized spacial score (nSPS) is 10.6. The number of carbonyl (C=O) groups is 1. The van der Waals surface area contributed by atoms with E-state index in [-0.39, 0.29) is 5.91 Å². The number of benzene rings is 2. The van der Waals surface area contributed by atoms with Gasteiger partial charge < -0.3 is 5.32 Å². The monoisotopic (exact) mass is 387 g/mol. The highest BCUT2D eigenvalue weighted by atomic mass is 79.9. The summed E-state index contributed by atoms with van der Waals surface area (Å²) in [6.07, 6.45) is 9.02. The minimum absolute atomic E-state index is 0.0776. The van der Waals surface area contributed by atoms with E-state index in [4.69, 9.17) is 0 Å². The maximum Gasteiger partial charge on any atom is 0.255 e. The number of anilines is 1. The summed E-state index contributed by atoms with van der Waals surface area (Å²) in [5.74, 6) is -0.0776. The number of aryl methyl sites for hydroxylation is 1. The van der Waals surface area contributed by atoms with Crippen molar-refractivity contribution >= 4 is 27.5 Å². The predicted molar refractivity (Wildman–Crippen MR) is 106 cm³/mol. The molecule has 128 valence electrons. The molecule has 0 aliphatic carbocycles. The van der Waals surface area contributed by atoms with E-state index in [1.54, 1.807) is 0 Å². The van der Waals surface area contributed by atoms with E-state index in [0.29, 0.717) is 5.56 Å². The van der Waals surface area contributed by atoms with Crippen molar-refractivity contribution in [2.75, 3.05) is 5.32 Å². The number of hydrogen-bond donors (Lipinski definition) is 1. The van der Waals surface area contributed by atoms with E-state index in [1.165, 1.54) is 44.1 Å². The number of unbranched alkanes of at least 4 members (excludes halogenated alkanes) is 5. The van der Waals surface area contributed by atoms with E-state index in [2.05, 4.69) is 40.3 Å². The van der Waals surface area contributed by atoms with Gasteiger partial charge in [-0.2, -0.15) is 0 Å². The fourth-order valence-corrected chi connectivity index (χ4v) is 2.93. The Morgan fingerprint density at radius 3 is 2.17 bits per heavy atom. The van der Waals surface area contributed by atoms with Crippen LogP contribution in [0.3, 0.4) is 0 Å². The number of carbonyl (C=O) groups excluding carboxylic acids is 1. The topological polar surface area (TPSA) is 29.1 Å². The van der Waals surface area contributed by atoms with Gasteiger partial charge in [-0.05, 0) is 54.8 Å². The van der Waals surface area contributed by atoms with Crippen LogP contribution in [-0.2, 0) is 6.42 Å². The van der Waals surface area contributed by atoms with Crippen molar-refractivity contribution in [1.29, 1.82) is 0 Å². The molecule has 0 aliphatic rings. The van der Waals surface area contributed by atoms with Gasteiger partial charge in [0, 0.05) is 15.7 Å². The zero-order valence-electron chi connectivity index (χ0n) is 14.4. The van der Waals surface area contributed by atoms with E-state index in [0.717, 1.165) is 16.6 Å². The highest BCUT2D eigenvalue weighted by Crippen LogP contribution is 2.16. The van der Waals surface area contributed by atoms with Crippen LogP contribution >= 0.6 is 15.9 Å². The largest absolute Gasteiger partial charge is 0.322 e. The predicted octanol–water partition coefficient (Wildman–Crippen LogP) is 6.60. The van der Waals surface area contributed by atoms with Gasteiger partial charge in [0.2, 0.25) is 0 Å². The average molecular weight is 388 g/mol. The van der Waals surface area contributed by atoms with Crippen LogP contribution < -0.4 is 5.32 Å². The van der Waals surface area contributed by atoms with Crippen LogP contribution in [0.25, 0.3) is 0 Å². The van der Waals surface area contributed by atoms with E-state index >= 15 is 0 Å². The van der Waals surface area contributed by atoms with Gasteiger partial charge in [-0.25, -0.2) is 0 Å². The Bertz CT molecular complexity index is 619. The number of hydrogen-bond acceptors (Lipinski definition) is 1. The van der Waals surface area contributed by atoms with Gasteiger partial charge >= 0.3 is 0 Å². The minimum Gasteiger partial charge on any atom is -0.322 e. The summed E-state index contributed by atoms with van der Waals surface area (Å²) in [4.78, 5) is 12.2. The zero-order chi connectivity index (χ0) is 17.2. The van der Waals surface area contributed by atoms with Gasteiger partial charge in [0.15, 0.2) is 0 Å². The molecule has 0 bridgehead atoms. The van der Waals surface area contributed by atoms with Gasteiger partial charge in [-0.15, -0.1) is 0 Å². The third-order valence-corrected chi connectivity index (χ3v) is 4.67. The molecule has 0 saturated heterocycles. The lowest BCUT2D eigenvalue weighted by molar-refractivity contribution is 0.102. The molecule has 0 radical (unpaired) electrons. The summed E-state index contributed by atoms with van der Waals surface area (Å²) in [6.45, 7) is 2.25. The molecule has 0 aliphatic heterocycles. The van der Waals surface area contributed by atoms with Crippen LogP contribution in [0.4, 0.5) is 5.69 Å². The highest BCUT2D eigenvalue weighted by Gasteiger charge is 2.05. The zero-order valence-corrected chi connectivity index (χ0v) is 15.9. The smallest absolute Gasteiger partial charge is 0.255 e. The number of nitrogens with one attached hydrogen (secondary N) is 1. The van der Waals surface area contributed by atoms with Gasteiger partial charge in [-0.3, -0.25) is 4.79 Å². The van der Waals surface area contributed by atoms with Gasteiger partial charge in [0.05, 0.1) is 0 Å². The van der Waals surface area contributed by atoms with Crippen LogP contribution in [0.2, 0.25) is 0 Å². The van der Waals surface area contributed by atoms with Gasteiger partial charge in [0.1, 0.15) is 0 Å². The van der Waals surface area contributed by atoms with Gasteiger partial charge in [0.25, 0.3) is 5.91 Å². The fraction of sp³-hybridized carbons (Fsp3) is 0.381. The molecule has 1 amide bonds. The quantitative estimate of drug-likeness (QED) is 0.482. The second-order valence-electron chi connectivity index (χ2n) is 6.18. The third-order valence-electron chi connectivity index (χ3n) is 4.14. The Labute approximate surface area is 153 Å². The Kier molecular flexibility index (Phi) is 8.03. The first-order chi connectivity index (χ1) is 11.7. The molecule has 0 atom stereocenters. The van der Waals surface area contributed by atoms with Crippen LogP contribution in [0.5, 0.6) is 0 Å². The summed E-state index contributed by atoms with van der Waals surface area (Å²) < 4.78 is 0.970. The Morgan fingerprint density at radius 1 is 0.875 bits per heavy atom. The molecule has 2 nitrogen and oxygen atoms in total. The molecule has 3 heteroatoms. The number of amides is 1. The molecule has 1 N–H and O–H groups in total. The fourth-order valence-electron chi connectivity index (χ4n) is 2.67. The van der Waals surface area contributed by atoms with Crippen LogP contribution in [-0.4, -0.2) is 5.91 Å². The molecule has 0 unspecified atom stereocenters. The van der Waals surface area contributed by atoms with E-state index in [9.17, 15) is 4.79 Å². The van der Waals surface area contributed by atoms with Crippen molar-refractivity contribution in [3.8, 4) is 0 Å². The van der Waals surface area contributed by atoms with Crippen molar-refractivity contribution in [1.82, 2.24) is 0 Å². The highest BCUT2D eigenvalue weighted by molar-refractivity contribution is 9.10. The minimum atomic E-state index is -0.0776. The average Bonchev–Trinajstić information content (AvgIpc) is 2.60. The number of rotatable bonds is 9. The summed E-state index contributed by atoms with van der Waals surface area (Å²) >= 11 is 3.38. The van der Waals surface area contributed by atoms with Crippen LogP contribution in [0.15, 0.2) is 53.0 Å². The van der Waals surface area contributed by atoms with Crippen LogP contribution in [0, 0.1) is 0 Å². The van der Waals surface area contributed by atoms with Crippen molar-refractivity contribution in [2.45, 2.75) is 51.9 Å². The summed E-state index contributed by atoms with van der Waals surface area (Å²) in [7, 11) is 0. The maximum absolute atomic E-state index is 12.2. The Balaban J connectivity index is 1.77. The number of halogens is 1.